The van der Waals surface area contributed by atoms with Crippen LogP contribution in [0.15, 0.2) is 24.3 Å². The van der Waals surface area contributed by atoms with Crippen LogP contribution in [0.5, 0.6) is 0 Å². The third-order valence-corrected chi connectivity index (χ3v) is 2.91. The first-order valence-corrected chi connectivity index (χ1v) is 6.73. The minimum atomic E-state index is -0.192. The van der Waals surface area contributed by atoms with E-state index in [2.05, 4.69) is 5.32 Å². The molecule has 1 N–H and O–H groups in total. The number of halogens is 1. The number of hydrogen-bond acceptors (Lipinski definition) is 2. The van der Waals surface area contributed by atoms with Crippen molar-refractivity contribution >= 4 is 5.91 Å². The average Bonchev–Trinajstić information content (AvgIpc) is 2.41. The lowest BCUT2D eigenvalue weighted by Crippen LogP contribution is -2.24. The van der Waals surface area contributed by atoms with E-state index in [0.29, 0.717) is 31.4 Å². The van der Waals surface area contributed by atoms with Crippen molar-refractivity contribution in [3.05, 3.63) is 35.6 Å². The summed E-state index contributed by atoms with van der Waals surface area (Å²) in [6, 6.07) is 6.70. The molecule has 1 aromatic carbocycles. The minimum absolute atomic E-state index is 0.0359. The quantitative estimate of drug-likeness (QED) is 0.699. The van der Waals surface area contributed by atoms with Gasteiger partial charge < -0.3 is 10.1 Å². The Morgan fingerprint density at radius 1 is 1.26 bits per heavy atom. The fraction of sp³-hybridized carbons (Fsp3) is 0.533. The molecule has 1 aromatic rings. The van der Waals surface area contributed by atoms with Crippen molar-refractivity contribution in [1.29, 1.82) is 0 Å². The Kier molecular flexibility index (Phi) is 7.82. The first-order valence-electron chi connectivity index (χ1n) is 6.73. The molecular formula is C15H22FNO2. The van der Waals surface area contributed by atoms with Gasteiger partial charge in [-0.2, -0.15) is 0 Å². The molecule has 0 aliphatic heterocycles. The van der Waals surface area contributed by atoms with Gasteiger partial charge in [0.1, 0.15) is 5.82 Å². The van der Waals surface area contributed by atoms with E-state index in [1.54, 1.807) is 19.2 Å². The number of amides is 1. The van der Waals surface area contributed by atoms with Crippen molar-refractivity contribution in [3.8, 4) is 0 Å². The van der Waals surface area contributed by atoms with Crippen LogP contribution in [0, 0.1) is 5.82 Å². The molecule has 0 unspecified atom stereocenters. The third-order valence-electron chi connectivity index (χ3n) is 2.91. The second-order valence-corrected chi connectivity index (χ2v) is 4.49. The maximum atomic E-state index is 13.3. The topological polar surface area (TPSA) is 38.3 Å². The highest BCUT2D eigenvalue weighted by Crippen LogP contribution is 2.09. The Labute approximate surface area is 114 Å². The van der Waals surface area contributed by atoms with Gasteiger partial charge in [-0.15, -0.1) is 0 Å². The molecular weight excluding hydrogens is 245 g/mol. The van der Waals surface area contributed by atoms with Crippen LogP contribution in [0.1, 0.15) is 31.2 Å². The summed E-state index contributed by atoms with van der Waals surface area (Å²) >= 11 is 0. The summed E-state index contributed by atoms with van der Waals surface area (Å²) in [5.74, 6) is -0.156. The van der Waals surface area contributed by atoms with E-state index in [0.717, 1.165) is 19.4 Å². The largest absolute Gasteiger partial charge is 0.385 e. The Hall–Kier alpha value is -1.42. The molecule has 0 saturated carbocycles. The summed E-state index contributed by atoms with van der Waals surface area (Å²) in [5, 5.41) is 2.85. The van der Waals surface area contributed by atoms with Crippen LogP contribution in [0.2, 0.25) is 0 Å². The fourth-order valence-corrected chi connectivity index (χ4v) is 1.83. The molecule has 0 aromatic heterocycles. The zero-order valence-electron chi connectivity index (χ0n) is 11.5. The van der Waals surface area contributed by atoms with Crippen molar-refractivity contribution in [1.82, 2.24) is 5.32 Å². The number of carbonyl (C=O) groups excluding carboxylic acids is 1. The molecule has 0 radical (unpaired) electrons. The van der Waals surface area contributed by atoms with Crippen LogP contribution in [0.3, 0.4) is 0 Å². The maximum absolute atomic E-state index is 13.3. The lowest BCUT2D eigenvalue weighted by molar-refractivity contribution is -0.121. The van der Waals surface area contributed by atoms with Gasteiger partial charge in [0.2, 0.25) is 5.91 Å². The van der Waals surface area contributed by atoms with E-state index in [-0.39, 0.29) is 11.7 Å². The molecule has 0 aliphatic carbocycles. The smallest absolute Gasteiger partial charge is 0.220 e. The van der Waals surface area contributed by atoms with Gasteiger partial charge in [0.05, 0.1) is 0 Å². The van der Waals surface area contributed by atoms with Crippen molar-refractivity contribution in [3.63, 3.8) is 0 Å². The first-order chi connectivity index (χ1) is 9.24. The van der Waals surface area contributed by atoms with Crippen molar-refractivity contribution < 1.29 is 13.9 Å². The van der Waals surface area contributed by atoms with Crippen LogP contribution < -0.4 is 5.32 Å². The Bertz CT molecular complexity index is 382. The van der Waals surface area contributed by atoms with Crippen molar-refractivity contribution in [2.75, 3.05) is 20.3 Å². The Morgan fingerprint density at radius 3 is 2.79 bits per heavy atom. The number of aryl methyl sites for hydroxylation is 1. The molecule has 3 nitrogen and oxygen atoms in total. The second-order valence-electron chi connectivity index (χ2n) is 4.49. The highest BCUT2D eigenvalue weighted by molar-refractivity contribution is 5.75. The predicted octanol–water partition coefficient (Wildman–Crippen LogP) is 2.69. The maximum Gasteiger partial charge on any atom is 0.220 e. The molecule has 0 saturated heterocycles. The van der Waals surface area contributed by atoms with E-state index in [9.17, 15) is 9.18 Å². The van der Waals surface area contributed by atoms with Gasteiger partial charge in [0, 0.05) is 26.7 Å². The number of benzene rings is 1. The highest BCUT2D eigenvalue weighted by atomic mass is 19.1. The van der Waals surface area contributed by atoms with E-state index in [1.165, 1.54) is 6.07 Å². The Balaban J connectivity index is 2.09. The van der Waals surface area contributed by atoms with Crippen LogP contribution >= 0.6 is 0 Å². The highest BCUT2D eigenvalue weighted by Gasteiger charge is 2.03. The zero-order chi connectivity index (χ0) is 13.9. The number of nitrogens with one attached hydrogen (secondary N) is 1. The van der Waals surface area contributed by atoms with Gasteiger partial charge >= 0.3 is 0 Å². The SMILES string of the molecule is COCCCCNC(=O)CCCc1ccccc1F. The summed E-state index contributed by atoms with van der Waals surface area (Å²) in [7, 11) is 1.67. The van der Waals surface area contributed by atoms with Gasteiger partial charge in [0.15, 0.2) is 0 Å². The summed E-state index contributed by atoms with van der Waals surface area (Å²) in [6.07, 6.45) is 3.59. The predicted molar refractivity (Wildman–Crippen MR) is 73.5 cm³/mol. The van der Waals surface area contributed by atoms with E-state index >= 15 is 0 Å². The summed E-state index contributed by atoms with van der Waals surface area (Å²) in [4.78, 5) is 11.5. The van der Waals surface area contributed by atoms with Gasteiger partial charge in [-0.25, -0.2) is 4.39 Å². The van der Waals surface area contributed by atoms with Crippen LogP contribution in [0.4, 0.5) is 4.39 Å². The second kappa shape index (κ2) is 9.50. The molecule has 0 atom stereocenters. The first kappa shape index (κ1) is 15.6. The molecule has 0 spiro atoms. The normalized spacial score (nSPS) is 10.4. The number of hydrogen-bond donors (Lipinski definition) is 1. The van der Waals surface area contributed by atoms with Crippen LogP contribution in [0.25, 0.3) is 0 Å². The summed E-state index contributed by atoms with van der Waals surface area (Å²) in [6.45, 7) is 1.41. The van der Waals surface area contributed by atoms with Crippen LogP contribution in [-0.4, -0.2) is 26.2 Å². The molecule has 1 rings (SSSR count). The van der Waals surface area contributed by atoms with Crippen LogP contribution in [-0.2, 0) is 16.0 Å². The molecule has 4 heteroatoms. The fourth-order valence-electron chi connectivity index (χ4n) is 1.83. The van der Waals surface area contributed by atoms with E-state index < -0.39 is 0 Å². The molecule has 0 bridgehead atoms. The molecule has 0 fully saturated rings. The third kappa shape index (κ3) is 6.91. The molecule has 0 aliphatic rings. The monoisotopic (exact) mass is 267 g/mol. The van der Waals surface area contributed by atoms with Crippen molar-refractivity contribution in [2.24, 2.45) is 0 Å². The van der Waals surface area contributed by atoms with Gasteiger partial charge in [-0.1, -0.05) is 18.2 Å². The van der Waals surface area contributed by atoms with E-state index in [4.69, 9.17) is 4.74 Å². The van der Waals surface area contributed by atoms with Crippen molar-refractivity contribution in [2.45, 2.75) is 32.1 Å². The molecule has 0 heterocycles. The zero-order valence-corrected chi connectivity index (χ0v) is 11.5. The number of ether oxygens (including phenoxy) is 1. The van der Waals surface area contributed by atoms with Gasteiger partial charge in [0.25, 0.3) is 0 Å². The minimum Gasteiger partial charge on any atom is -0.385 e. The Morgan fingerprint density at radius 2 is 2.05 bits per heavy atom. The van der Waals surface area contributed by atoms with Gasteiger partial charge in [-0.3, -0.25) is 4.79 Å². The number of rotatable bonds is 9. The lowest BCUT2D eigenvalue weighted by atomic mass is 10.1. The van der Waals surface area contributed by atoms with Gasteiger partial charge in [-0.05, 0) is 37.3 Å². The summed E-state index contributed by atoms with van der Waals surface area (Å²) < 4.78 is 18.2. The molecule has 106 valence electrons. The standard InChI is InChI=1S/C15H22FNO2/c1-19-12-5-4-11-17-15(18)10-6-8-13-7-2-3-9-14(13)16/h2-3,7,9H,4-6,8,10-12H2,1H3,(H,17,18). The number of unbranched alkanes of at least 4 members (excludes halogenated alkanes) is 1. The molecule has 19 heavy (non-hydrogen) atoms. The summed E-state index contributed by atoms with van der Waals surface area (Å²) in [5.41, 5.74) is 0.676. The van der Waals surface area contributed by atoms with E-state index in [1.807, 2.05) is 6.07 Å². The average molecular weight is 267 g/mol. The number of carbonyl (C=O) groups is 1. The molecule has 1 amide bonds. The lowest BCUT2D eigenvalue weighted by Gasteiger charge is -2.05. The number of methoxy groups -OCH3 is 1.